The van der Waals surface area contributed by atoms with Crippen LogP contribution in [0.25, 0.3) is 0 Å². The molecule has 27 heavy (non-hydrogen) atoms. The monoisotopic (exact) mass is 374 g/mol. The molecule has 0 bridgehead atoms. The largest absolute Gasteiger partial charge is 0.497 e. The van der Waals surface area contributed by atoms with Crippen molar-refractivity contribution < 1.29 is 23.9 Å². The van der Waals surface area contributed by atoms with Crippen LogP contribution in [0, 0.1) is 5.92 Å². The minimum absolute atomic E-state index is 0.0596. The number of carbonyl (C=O) groups is 3. The Bertz CT molecular complexity index is 716. The molecular weight excluding hydrogens is 348 g/mol. The summed E-state index contributed by atoms with van der Waals surface area (Å²) in [6.45, 7) is 4.53. The van der Waals surface area contributed by atoms with Gasteiger partial charge in [-0.2, -0.15) is 0 Å². The molecule has 2 heterocycles. The first kappa shape index (κ1) is 19.4. The Morgan fingerprint density at radius 1 is 1.30 bits per heavy atom. The summed E-state index contributed by atoms with van der Waals surface area (Å²) < 4.78 is 10.6. The zero-order valence-electron chi connectivity index (χ0n) is 15.9. The number of nitrogens with one attached hydrogen (secondary N) is 1. The molecule has 3 atom stereocenters. The number of Topliss-reactive ketones (excluding diaryl/α,β-unsaturated/α-hetero) is 1. The number of fused-ring (bicyclic) bond motifs is 1. The van der Waals surface area contributed by atoms with Gasteiger partial charge in [0.2, 0.25) is 5.91 Å². The number of amides is 2. The third-order valence-electron chi connectivity index (χ3n) is 5.06. The second-order valence-corrected chi connectivity index (χ2v) is 7.47. The van der Waals surface area contributed by atoms with Crippen LogP contribution in [0.2, 0.25) is 0 Å². The molecule has 2 saturated heterocycles. The number of hydrogen-bond donors (Lipinski definition) is 1. The highest BCUT2D eigenvalue weighted by Crippen LogP contribution is 2.28. The van der Waals surface area contributed by atoms with Gasteiger partial charge in [0.1, 0.15) is 24.4 Å². The highest BCUT2D eigenvalue weighted by molar-refractivity contribution is 5.99. The average molecular weight is 374 g/mol. The Morgan fingerprint density at radius 2 is 2.00 bits per heavy atom. The minimum Gasteiger partial charge on any atom is -0.497 e. The van der Waals surface area contributed by atoms with E-state index >= 15 is 0 Å². The first-order valence-corrected chi connectivity index (χ1v) is 9.30. The van der Waals surface area contributed by atoms with E-state index in [2.05, 4.69) is 5.32 Å². The number of ether oxygens (including phenoxy) is 2. The van der Waals surface area contributed by atoms with Crippen molar-refractivity contribution in [3.63, 3.8) is 0 Å². The van der Waals surface area contributed by atoms with Crippen molar-refractivity contribution in [1.82, 2.24) is 10.2 Å². The molecule has 0 radical (unpaired) electrons. The summed E-state index contributed by atoms with van der Waals surface area (Å²) in [4.78, 5) is 39.4. The molecule has 1 aromatic carbocycles. The zero-order valence-corrected chi connectivity index (χ0v) is 15.9. The van der Waals surface area contributed by atoms with E-state index in [1.807, 2.05) is 13.8 Å². The molecule has 1 aromatic rings. The van der Waals surface area contributed by atoms with E-state index in [1.165, 1.54) is 0 Å². The Hall–Kier alpha value is -2.41. The standard InChI is InChI=1S/C20H26N2O5/c1-12(2)10-15(21-19(24)13-4-6-14(26-3)7-5-13)20(25)22-9-8-17-18(22)16(23)11-27-17/h4-7,12,15,17-18H,8-11H2,1-3H3,(H,21,24)/t15-,17+,18+/m0/s1. The second kappa shape index (κ2) is 8.08. The van der Waals surface area contributed by atoms with Gasteiger partial charge < -0.3 is 19.7 Å². The maximum atomic E-state index is 13.1. The number of nitrogens with zero attached hydrogens (tertiary/aromatic N) is 1. The molecular formula is C20H26N2O5. The van der Waals surface area contributed by atoms with Crippen LogP contribution >= 0.6 is 0 Å². The Morgan fingerprint density at radius 3 is 2.63 bits per heavy atom. The molecule has 0 aliphatic carbocycles. The second-order valence-electron chi connectivity index (χ2n) is 7.47. The molecule has 3 rings (SSSR count). The van der Waals surface area contributed by atoms with Crippen LogP contribution in [0.1, 0.15) is 37.0 Å². The summed E-state index contributed by atoms with van der Waals surface area (Å²) >= 11 is 0. The van der Waals surface area contributed by atoms with Crippen molar-refractivity contribution in [2.75, 3.05) is 20.3 Å². The molecule has 0 spiro atoms. The molecule has 0 saturated carbocycles. The van der Waals surface area contributed by atoms with Crippen molar-refractivity contribution in [2.45, 2.75) is 44.9 Å². The lowest BCUT2D eigenvalue weighted by atomic mass is 10.0. The smallest absolute Gasteiger partial charge is 0.251 e. The summed E-state index contributed by atoms with van der Waals surface area (Å²) in [5.74, 6) is 0.280. The normalized spacial score (nSPS) is 22.7. The van der Waals surface area contributed by atoms with Crippen molar-refractivity contribution in [1.29, 1.82) is 0 Å². The van der Waals surface area contributed by atoms with Crippen molar-refractivity contribution >= 4 is 17.6 Å². The maximum Gasteiger partial charge on any atom is 0.251 e. The Kier molecular flexibility index (Phi) is 5.79. The van der Waals surface area contributed by atoms with E-state index in [0.717, 1.165) is 0 Å². The fraction of sp³-hybridized carbons (Fsp3) is 0.550. The summed E-state index contributed by atoms with van der Waals surface area (Å²) in [7, 11) is 1.56. The van der Waals surface area contributed by atoms with Gasteiger partial charge in [-0.05, 0) is 43.0 Å². The quantitative estimate of drug-likeness (QED) is 0.814. The van der Waals surface area contributed by atoms with Crippen LogP contribution < -0.4 is 10.1 Å². The van der Waals surface area contributed by atoms with Crippen LogP contribution in [0.3, 0.4) is 0 Å². The van der Waals surface area contributed by atoms with E-state index in [0.29, 0.717) is 30.7 Å². The molecule has 146 valence electrons. The van der Waals surface area contributed by atoms with Crippen LogP contribution in [0.5, 0.6) is 5.75 Å². The zero-order chi connectivity index (χ0) is 19.6. The summed E-state index contributed by atoms with van der Waals surface area (Å²) in [5, 5.41) is 2.85. The third kappa shape index (κ3) is 4.13. The molecule has 7 heteroatoms. The molecule has 1 N–H and O–H groups in total. The van der Waals surface area contributed by atoms with Gasteiger partial charge in [-0.15, -0.1) is 0 Å². The fourth-order valence-electron chi connectivity index (χ4n) is 3.72. The van der Waals surface area contributed by atoms with Crippen molar-refractivity contribution in [2.24, 2.45) is 5.92 Å². The number of methoxy groups -OCH3 is 1. The van der Waals surface area contributed by atoms with Crippen LogP contribution in [-0.2, 0) is 14.3 Å². The number of likely N-dealkylation sites (tertiary alicyclic amines) is 1. The van der Waals surface area contributed by atoms with Crippen molar-refractivity contribution in [3.8, 4) is 5.75 Å². The maximum absolute atomic E-state index is 13.1. The summed E-state index contributed by atoms with van der Waals surface area (Å²) in [6, 6.07) is 5.54. The van der Waals surface area contributed by atoms with E-state index in [1.54, 1.807) is 36.3 Å². The number of carbonyl (C=O) groups excluding carboxylic acids is 3. The number of benzene rings is 1. The molecule has 7 nitrogen and oxygen atoms in total. The van der Waals surface area contributed by atoms with Crippen LogP contribution in [0.15, 0.2) is 24.3 Å². The minimum atomic E-state index is -0.674. The first-order chi connectivity index (χ1) is 12.9. The lowest BCUT2D eigenvalue weighted by Gasteiger charge is -2.28. The summed E-state index contributed by atoms with van der Waals surface area (Å²) in [6.07, 6.45) is 0.950. The van der Waals surface area contributed by atoms with Gasteiger partial charge in [0.15, 0.2) is 5.78 Å². The molecule has 0 unspecified atom stereocenters. The predicted molar refractivity (Wildman–Crippen MR) is 98.6 cm³/mol. The topological polar surface area (TPSA) is 84.9 Å². The number of hydrogen-bond acceptors (Lipinski definition) is 5. The van der Waals surface area contributed by atoms with Crippen LogP contribution in [-0.4, -0.2) is 60.9 Å². The third-order valence-corrected chi connectivity index (χ3v) is 5.06. The lowest BCUT2D eigenvalue weighted by Crippen LogP contribution is -2.52. The Balaban J connectivity index is 1.73. The number of ketones is 1. The first-order valence-electron chi connectivity index (χ1n) is 9.30. The highest BCUT2D eigenvalue weighted by Gasteiger charge is 2.48. The highest BCUT2D eigenvalue weighted by atomic mass is 16.5. The summed E-state index contributed by atoms with van der Waals surface area (Å²) in [5.41, 5.74) is 0.455. The van der Waals surface area contributed by atoms with Gasteiger partial charge in [-0.3, -0.25) is 14.4 Å². The van der Waals surface area contributed by atoms with Gasteiger partial charge in [-0.1, -0.05) is 13.8 Å². The van der Waals surface area contributed by atoms with Gasteiger partial charge in [0, 0.05) is 12.1 Å². The Labute approximate surface area is 159 Å². The SMILES string of the molecule is COc1ccc(C(=O)N[C@@H](CC(C)C)C(=O)N2CC[C@H]3OCC(=O)[C@H]32)cc1. The van der Waals surface area contributed by atoms with Crippen molar-refractivity contribution in [3.05, 3.63) is 29.8 Å². The molecule has 2 amide bonds. The van der Waals surface area contributed by atoms with Gasteiger partial charge >= 0.3 is 0 Å². The molecule has 2 fully saturated rings. The predicted octanol–water partition coefficient (Wildman–Crippen LogP) is 1.41. The average Bonchev–Trinajstić information content (AvgIpc) is 3.23. The van der Waals surface area contributed by atoms with E-state index in [9.17, 15) is 14.4 Å². The molecule has 2 aliphatic heterocycles. The van der Waals surface area contributed by atoms with E-state index in [-0.39, 0.29) is 36.2 Å². The molecule has 2 aliphatic rings. The van der Waals surface area contributed by atoms with Crippen LogP contribution in [0.4, 0.5) is 0 Å². The van der Waals surface area contributed by atoms with Gasteiger partial charge in [0.25, 0.3) is 5.91 Å². The molecule has 0 aromatic heterocycles. The lowest BCUT2D eigenvalue weighted by molar-refractivity contribution is -0.138. The van der Waals surface area contributed by atoms with Gasteiger partial charge in [-0.25, -0.2) is 0 Å². The van der Waals surface area contributed by atoms with E-state index < -0.39 is 12.1 Å². The van der Waals surface area contributed by atoms with Gasteiger partial charge in [0.05, 0.1) is 13.2 Å². The van der Waals surface area contributed by atoms with E-state index in [4.69, 9.17) is 9.47 Å². The number of rotatable bonds is 6. The fourth-order valence-corrected chi connectivity index (χ4v) is 3.72.